The average molecular weight is 805 g/mol. The summed E-state index contributed by atoms with van der Waals surface area (Å²) < 4.78 is 1.32. The Morgan fingerprint density at radius 3 is 1.34 bits per heavy atom. The first-order valence-electron chi connectivity index (χ1n) is 19.8. The van der Waals surface area contributed by atoms with Crippen molar-refractivity contribution in [1.29, 1.82) is 0 Å². The molecule has 0 bridgehead atoms. The molecule has 10 aliphatic rings. The van der Waals surface area contributed by atoms with Crippen LogP contribution in [-0.4, -0.2) is 43.3 Å². The van der Waals surface area contributed by atoms with Crippen LogP contribution >= 0.6 is 48.0 Å². The second kappa shape index (κ2) is 12.2. The monoisotopic (exact) mass is 804 g/mol. The van der Waals surface area contributed by atoms with Crippen molar-refractivity contribution in [2.45, 2.75) is 80.1 Å². The molecule has 278 valence electrons. The SMILES string of the molecule is CCN1C(=O)/C(=C\C2=CC3=C(C2)C2=C(C3)C3=C(C2)c2cc4c(cc2C3=C(C)C)C2=C(C3=C(C2)C2=C(C=C(/C=C5/SC(=S)N(CC)C5=O)C2)C3)C4=C(C)C)SC1=S. The minimum atomic E-state index is 0.0391. The molecule has 0 saturated carbocycles. The summed E-state index contributed by atoms with van der Waals surface area (Å²) >= 11 is 13.8. The number of amides is 2. The van der Waals surface area contributed by atoms with Crippen LogP contribution in [0.15, 0.2) is 124 Å². The molecule has 11 rings (SSSR count). The largest absolute Gasteiger partial charge is 0.293 e. The number of fused-ring (bicyclic) bond motifs is 8. The topological polar surface area (TPSA) is 40.6 Å². The van der Waals surface area contributed by atoms with Crippen LogP contribution in [0.4, 0.5) is 0 Å². The fraction of sp³-hybridized carbons (Fsp3) is 0.292. The molecule has 0 spiro atoms. The van der Waals surface area contributed by atoms with Crippen LogP contribution in [0.3, 0.4) is 0 Å². The number of likely N-dealkylation sites (N-methyl/N-ethyl adjacent to an activating group) is 2. The van der Waals surface area contributed by atoms with Gasteiger partial charge >= 0.3 is 0 Å². The Kier molecular flexibility index (Phi) is 7.66. The van der Waals surface area contributed by atoms with E-state index in [2.05, 4.69) is 64.1 Å². The second-order valence-electron chi connectivity index (χ2n) is 16.7. The van der Waals surface area contributed by atoms with Gasteiger partial charge in [-0.2, -0.15) is 0 Å². The quantitative estimate of drug-likeness (QED) is 0.223. The van der Waals surface area contributed by atoms with Gasteiger partial charge < -0.3 is 0 Å². The average Bonchev–Trinajstić information content (AvgIpc) is 4.01. The lowest BCUT2D eigenvalue weighted by Gasteiger charge is -2.17. The normalized spacial score (nSPS) is 24.4. The summed E-state index contributed by atoms with van der Waals surface area (Å²) in [5.41, 5.74) is 31.6. The van der Waals surface area contributed by atoms with Crippen molar-refractivity contribution in [3.63, 3.8) is 0 Å². The molecule has 0 N–H and O–H groups in total. The Balaban J connectivity index is 0.872. The van der Waals surface area contributed by atoms with E-state index in [-0.39, 0.29) is 11.8 Å². The maximum Gasteiger partial charge on any atom is 0.266 e. The third-order valence-corrected chi connectivity index (χ3v) is 16.0. The van der Waals surface area contributed by atoms with E-state index in [1.807, 2.05) is 13.8 Å². The van der Waals surface area contributed by atoms with Gasteiger partial charge in [-0.15, -0.1) is 0 Å². The van der Waals surface area contributed by atoms with E-state index in [0.29, 0.717) is 21.7 Å². The van der Waals surface area contributed by atoms with Crippen molar-refractivity contribution in [2.24, 2.45) is 0 Å². The molecule has 4 nitrogen and oxygen atoms in total. The van der Waals surface area contributed by atoms with E-state index >= 15 is 0 Å². The van der Waals surface area contributed by atoms with Crippen molar-refractivity contribution < 1.29 is 9.59 Å². The minimum Gasteiger partial charge on any atom is -0.293 e. The molecule has 56 heavy (non-hydrogen) atoms. The Morgan fingerprint density at radius 1 is 0.571 bits per heavy atom. The van der Waals surface area contributed by atoms with Gasteiger partial charge in [-0.3, -0.25) is 19.4 Å². The molecule has 2 heterocycles. The highest BCUT2D eigenvalue weighted by Gasteiger charge is 2.45. The van der Waals surface area contributed by atoms with Crippen LogP contribution < -0.4 is 0 Å². The molecular formula is C48H40N2O2S4. The predicted molar refractivity (Wildman–Crippen MR) is 240 cm³/mol. The van der Waals surface area contributed by atoms with Gasteiger partial charge in [-0.05, 0) is 216 Å². The summed E-state index contributed by atoms with van der Waals surface area (Å²) in [5, 5.41) is 0. The van der Waals surface area contributed by atoms with E-state index in [0.717, 1.165) is 48.3 Å². The third-order valence-electron chi connectivity index (χ3n) is 13.2. The number of hydrogen-bond donors (Lipinski definition) is 0. The highest BCUT2D eigenvalue weighted by atomic mass is 32.2. The Labute approximate surface area is 347 Å². The van der Waals surface area contributed by atoms with Crippen molar-refractivity contribution in [3.05, 3.63) is 147 Å². The molecule has 0 radical (unpaired) electrons. The first-order chi connectivity index (χ1) is 26.9. The van der Waals surface area contributed by atoms with Gasteiger partial charge in [0.1, 0.15) is 8.64 Å². The van der Waals surface area contributed by atoms with Crippen LogP contribution in [0.25, 0.3) is 22.3 Å². The van der Waals surface area contributed by atoms with Crippen LogP contribution in [0, 0.1) is 0 Å². The number of hydrogen-bond acceptors (Lipinski definition) is 6. The van der Waals surface area contributed by atoms with E-state index in [9.17, 15) is 9.59 Å². The number of benzene rings is 1. The summed E-state index contributed by atoms with van der Waals surface area (Å²) in [6, 6.07) is 5.12. The number of nitrogens with zero attached hydrogens (tertiary/aromatic N) is 2. The molecule has 0 unspecified atom stereocenters. The van der Waals surface area contributed by atoms with Crippen molar-refractivity contribution in [1.82, 2.24) is 9.80 Å². The summed E-state index contributed by atoms with van der Waals surface area (Å²) in [6.45, 7) is 14.3. The highest BCUT2D eigenvalue weighted by Crippen LogP contribution is 2.64. The summed E-state index contributed by atoms with van der Waals surface area (Å²) in [5.74, 6) is 0.0782. The van der Waals surface area contributed by atoms with E-state index in [1.54, 1.807) is 9.80 Å². The van der Waals surface area contributed by atoms with Crippen LogP contribution in [0.1, 0.15) is 102 Å². The zero-order valence-electron chi connectivity index (χ0n) is 32.5. The Morgan fingerprint density at radius 2 is 0.982 bits per heavy atom. The van der Waals surface area contributed by atoms with Gasteiger partial charge in [-0.25, -0.2) is 0 Å². The summed E-state index contributed by atoms with van der Waals surface area (Å²) in [7, 11) is 0. The Bertz CT molecular complexity index is 2560. The number of rotatable bonds is 4. The standard InChI is InChI=1S/C48H40N2O2S4/c1-7-49-45(51)39(55-47(49)53)13-23-9-25-15-33-29(27(25)11-23)17-37-31-19-36-32(20-35(31)41(21(3)4)43(33)37)38-18-30-28-12-24(14-40-46(52)50(8-2)48(54)56-40)10-26(28)16-34(30)44(38)42(36)22(5)6/h9-10,13-14,19-20H,7-8,11-12,15-18H2,1-6H3/b39-13+,40-14+. The van der Waals surface area contributed by atoms with Gasteiger partial charge in [0.05, 0.1) is 9.81 Å². The number of carbonyl (C=O) groups is 2. The van der Waals surface area contributed by atoms with Gasteiger partial charge in [-0.1, -0.05) is 71.3 Å². The second-order valence-corrected chi connectivity index (χ2v) is 20.0. The third kappa shape index (κ3) is 4.67. The smallest absolute Gasteiger partial charge is 0.266 e. The van der Waals surface area contributed by atoms with Crippen molar-refractivity contribution >= 4 is 90.7 Å². The molecule has 8 heteroatoms. The molecule has 1 aromatic rings. The van der Waals surface area contributed by atoms with Crippen LogP contribution in [0.5, 0.6) is 0 Å². The fourth-order valence-corrected chi connectivity index (χ4v) is 13.8. The van der Waals surface area contributed by atoms with Gasteiger partial charge in [0.25, 0.3) is 11.8 Å². The van der Waals surface area contributed by atoms with Crippen molar-refractivity contribution in [3.8, 4) is 0 Å². The molecule has 2 aliphatic heterocycles. The van der Waals surface area contributed by atoms with E-state index < -0.39 is 0 Å². The van der Waals surface area contributed by atoms with Gasteiger partial charge in [0, 0.05) is 13.1 Å². The molecular weight excluding hydrogens is 765 g/mol. The Hall–Kier alpha value is -4.08. The number of thiocarbonyl (C=S) groups is 2. The zero-order chi connectivity index (χ0) is 38.6. The number of allylic oxidation sites excluding steroid dienone is 22. The first-order valence-corrected chi connectivity index (χ1v) is 22.2. The van der Waals surface area contributed by atoms with Crippen molar-refractivity contribution in [2.75, 3.05) is 13.1 Å². The predicted octanol–water partition coefficient (Wildman–Crippen LogP) is 11.8. The molecule has 8 aliphatic carbocycles. The molecule has 0 aromatic heterocycles. The van der Waals surface area contributed by atoms with Crippen LogP contribution in [-0.2, 0) is 9.59 Å². The lowest BCUT2D eigenvalue weighted by molar-refractivity contribution is -0.122. The molecule has 2 saturated heterocycles. The van der Waals surface area contributed by atoms with Gasteiger partial charge in [0.15, 0.2) is 0 Å². The maximum absolute atomic E-state index is 13.0. The molecule has 2 fully saturated rings. The highest BCUT2D eigenvalue weighted by molar-refractivity contribution is 8.27. The summed E-state index contributed by atoms with van der Waals surface area (Å²) in [6.07, 6.45) is 14.5. The number of thioether (sulfide) groups is 2. The zero-order valence-corrected chi connectivity index (χ0v) is 35.7. The maximum atomic E-state index is 13.0. The molecule has 0 atom stereocenters. The summed E-state index contributed by atoms with van der Waals surface area (Å²) in [4.78, 5) is 30.9. The lowest BCUT2D eigenvalue weighted by Crippen LogP contribution is -2.27. The molecule has 1 aromatic carbocycles. The number of carbonyl (C=O) groups excluding carboxylic acids is 2. The van der Waals surface area contributed by atoms with Crippen LogP contribution in [0.2, 0.25) is 0 Å². The lowest BCUT2D eigenvalue weighted by atomic mass is 9.86. The van der Waals surface area contributed by atoms with E-state index in [4.69, 9.17) is 24.4 Å². The van der Waals surface area contributed by atoms with Gasteiger partial charge in [0.2, 0.25) is 0 Å². The minimum absolute atomic E-state index is 0.0391. The first kappa shape index (κ1) is 35.1. The fourth-order valence-electron chi connectivity index (χ4n) is 11.0. The molecule has 2 amide bonds. The van der Waals surface area contributed by atoms with E-state index in [1.165, 1.54) is 146 Å².